The van der Waals surface area contributed by atoms with Gasteiger partial charge in [-0.1, -0.05) is 36.4 Å². The van der Waals surface area contributed by atoms with Crippen LogP contribution in [-0.2, 0) is 14.4 Å². The molecule has 0 aliphatic carbocycles. The predicted octanol–water partition coefficient (Wildman–Crippen LogP) is 3.66. The fourth-order valence-corrected chi connectivity index (χ4v) is 2.60. The van der Waals surface area contributed by atoms with E-state index in [9.17, 15) is 14.4 Å². The van der Waals surface area contributed by atoms with E-state index >= 15 is 0 Å². The molecule has 0 bridgehead atoms. The summed E-state index contributed by atoms with van der Waals surface area (Å²) in [6.07, 6.45) is 4.92. The number of benzene rings is 2. The van der Waals surface area contributed by atoms with Crippen LogP contribution in [0.15, 0.2) is 60.7 Å². The molecule has 1 atom stereocenters. The van der Waals surface area contributed by atoms with E-state index in [0.29, 0.717) is 22.6 Å². The van der Waals surface area contributed by atoms with Crippen LogP contribution in [0.2, 0.25) is 0 Å². The van der Waals surface area contributed by atoms with E-state index < -0.39 is 29.9 Å². The van der Waals surface area contributed by atoms with Gasteiger partial charge in [0.05, 0.1) is 26.6 Å². The van der Waals surface area contributed by atoms with Gasteiger partial charge in [0.1, 0.15) is 11.5 Å². The maximum atomic E-state index is 12.5. The van der Waals surface area contributed by atoms with Gasteiger partial charge in [0.2, 0.25) is 0 Å². The molecular weight excluding hydrogens is 372 g/mol. The standard InChI is InChI=1S/C23H22O6/c1-28-18-7-3-5-16(13-18)9-11-21(24)20(15-23(26)27)22(25)12-10-17-6-4-8-19(14-17)29-2/h3-14,20H,15H2,1-2H3,(H,26,27)/b11-9-,12-10+. The lowest BCUT2D eigenvalue weighted by Crippen LogP contribution is -2.24. The molecule has 0 aliphatic rings. The predicted molar refractivity (Wildman–Crippen MR) is 110 cm³/mol. The van der Waals surface area contributed by atoms with E-state index in [2.05, 4.69) is 0 Å². The molecular formula is C23H22O6. The first-order valence-corrected chi connectivity index (χ1v) is 8.86. The van der Waals surface area contributed by atoms with Crippen LogP contribution >= 0.6 is 0 Å². The number of carboxylic acid groups (broad SMARTS) is 1. The smallest absolute Gasteiger partial charge is 0.304 e. The summed E-state index contributed by atoms with van der Waals surface area (Å²) in [7, 11) is 3.06. The summed E-state index contributed by atoms with van der Waals surface area (Å²) in [5.41, 5.74) is 1.40. The molecule has 1 N–H and O–H groups in total. The Morgan fingerprint density at radius 1 is 0.862 bits per heavy atom. The summed E-state index contributed by atoms with van der Waals surface area (Å²) in [6.45, 7) is 0. The Labute approximate surface area is 169 Å². The van der Waals surface area contributed by atoms with Gasteiger partial charge in [-0.2, -0.15) is 0 Å². The molecule has 150 valence electrons. The molecule has 0 aliphatic heterocycles. The highest BCUT2D eigenvalue weighted by molar-refractivity contribution is 6.14. The van der Waals surface area contributed by atoms with Crippen LogP contribution in [0.3, 0.4) is 0 Å². The molecule has 29 heavy (non-hydrogen) atoms. The average Bonchev–Trinajstić information content (AvgIpc) is 2.74. The molecule has 0 amide bonds. The lowest BCUT2D eigenvalue weighted by molar-refractivity contribution is -0.142. The first-order chi connectivity index (χ1) is 13.9. The van der Waals surface area contributed by atoms with Crippen LogP contribution < -0.4 is 9.47 Å². The van der Waals surface area contributed by atoms with Crippen molar-refractivity contribution in [2.45, 2.75) is 6.42 Å². The Hall–Kier alpha value is -3.67. The molecule has 0 spiro atoms. The molecule has 0 saturated carbocycles. The van der Waals surface area contributed by atoms with Crippen molar-refractivity contribution in [1.29, 1.82) is 0 Å². The molecule has 2 rings (SSSR count). The van der Waals surface area contributed by atoms with E-state index in [1.807, 2.05) is 0 Å². The third-order valence-electron chi connectivity index (χ3n) is 4.13. The number of carbonyl (C=O) groups is 3. The highest BCUT2D eigenvalue weighted by Gasteiger charge is 2.25. The fraction of sp³-hybridized carbons (Fsp3) is 0.174. The number of hydrogen-bond acceptors (Lipinski definition) is 5. The molecule has 0 radical (unpaired) electrons. The van der Waals surface area contributed by atoms with Gasteiger partial charge in [0.25, 0.3) is 0 Å². The number of carbonyl (C=O) groups excluding carboxylic acids is 2. The Morgan fingerprint density at radius 3 is 1.69 bits per heavy atom. The zero-order chi connectivity index (χ0) is 21.2. The minimum Gasteiger partial charge on any atom is -0.497 e. The van der Waals surface area contributed by atoms with Crippen molar-refractivity contribution in [3.05, 3.63) is 71.8 Å². The largest absolute Gasteiger partial charge is 0.497 e. The maximum Gasteiger partial charge on any atom is 0.304 e. The zero-order valence-electron chi connectivity index (χ0n) is 16.2. The maximum absolute atomic E-state index is 12.5. The van der Waals surface area contributed by atoms with Gasteiger partial charge in [0.15, 0.2) is 11.6 Å². The number of rotatable bonds is 10. The number of hydrogen-bond donors (Lipinski definition) is 1. The molecule has 6 nitrogen and oxygen atoms in total. The first kappa shape index (κ1) is 21.6. The van der Waals surface area contributed by atoms with E-state index in [1.54, 1.807) is 48.5 Å². The molecule has 2 aromatic rings. The van der Waals surface area contributed by atoms with Crippen molar-refractivity contribution < 1.29 is 29.0 Å². The van der Waals surface area contributed by atoms with Gasteiger partial charge in [-0.05, 0) is 47.5 Å². The number of ether oxygens (including phenoxy) is 2. The zero-order valence-corrected chi connectivity index (χ0v) is 16.2. The fourth-order valence-electron chi connectivity index (χ4n) is 2.60. The molecule has 0 fully saturated rings. The minimum atomic E-state index is -1.30. The van der Waals surface area contributed by atoms with E-state index in [-0.39, 0.29) is 0 Å². The van der Waals surface area contributed by atoms with Crippen molar-refractivity contribution in [1.82, 2.24) is 0 Å². The first-order valence-electron chi connectivity index (χ1n) is 8.86. The van der Waals surface area contributed by atoms with Gasteiger partial charge in [0, 0.05) is 0 Å². The topological polar surface area (TPSA) is 89.9 Å². The van der Waals surface area contributed by atoms with Crippen molar-refractivity contribution in [3.8, 4) is 11.5 Å². The minimum absolute atomic E-state index is 0.574. The van der Waals surface area contributed by atoms with Gasteiger partial charge in [-0.3, -0.25) is 14.4 Å². The van der Waals surface area contributed by atoms with Crippen LogP contribution in [-0.4, -0.2) is 36.9 Å². The number of aliphatic carboxylic acids is 1. The normalized spacial score (nSPS) is 12.1. The van der Waals surface area contributed by atoms with Crippen LogP contribution in [0.25, 0.3) is 12.2 Å². The second-order valence-electron chi connectivity index (χ2n) is 6.18. The van der Waals surface area contributed by atoms with Crippen molar-refractivity contribution in [2.24, 2.45) is 5.92 Å². The van der Waals surface area contributed by atoms with Crippen molar-refractivity contribution in [2.75, 3.05) is 14.2 Å². The Kier molecular flexibility index (Phi) is 7.91. The number of ketones is 2. The summed E-state index contributed by atoms with van der Waals surface area (Å²) in [5.74, 6) is -2.42. The number of allylic oxidation sites excluding steroid dienone is 2. The molecule has 0 heterocycles. The van der Waals surface area contributed by atoms with Crippen LogP contribution in [0, 0.1) is 5.92 Å². The van der Waals surface area contributed by atoms with E-state index in [0.717, 1.165) is 0 Å². The lowest BCUT2D eigenvalue weighted by Gasteiger charge is -2.08. The third kappa shape index (κ3) is 6.77. The lowest BCUT2D eigenvalue weighted by atomic mass is 9.93. The molecule has 1 unspecified atom stereocenters. The monoisotopic (exact) mass is 394 g/mol. The molecule has 2 aromatic carbocycles. The van der Waals surface area contributed by atoms with Crippen molar-refractivity contribution >= 4 is 29.7 Å². The highest BCUT2D eigenvalue weighted by atomic mass is 16.5. The van der Waals surface area contributed by atoms with Gasteiger partial charge < -0.3 is 14.6 Å². The summed E-state index contributed by atoms with van der Waals surface area (Å²) >= 11 is 0. The molecule has 0 saturated heterocycles. The van der Waals surface area contributed by atoms with Gasteiger partial charge in [-0.25, -0.2) is 0 Å². The Bertz CT molecular complexity index is 872. The van der Waals surface area contributed by atoms with E-state index in [4.69, 9.17) is 14.6 Å². The molecule has 0 aromatic heterocycles. The highest BCUT2D eigenvalue weighted by Crippen LogP contribution is 2.17. The summed E-state index contributed by atoms with van der Waals surface area (Å²) in [5, 5.41) is 9.10. The Balaban J connectivity index is 2.16. The number of carboxylic acids is 1. The van der Waals surface area contributed by atoms with Crippen LogP contribution in [0.4, 0.5) is 0 Å². The summed E-state index contributed by atoms with van der Waals surface area (Å²) < 4.78 is 10.2. The number of methoxy groups -OCH3 is 2. The second-order valence-corrected chi connectivity index (χ2v) is 6.18. The van der Waals surface area contributed by atoms with E-state index in [1.165, 1.54) is 38.5 Å². The Morgan fingerprint density at radius 2 is 1.31 bits per heavy atom. The van der Waals surface area contributed by atoms with Gasteiger partial charge in [-0.15, -0.1) is 0 Å². The van der Waals surface area contributed by atoms with Crippen molar-refractivity contribution in [3.63, 3.8) is 0 Å². The molecule has 6 heteroatoms. The summed E-state index contributed by atoms with van der Waals surface area (Å²) in [6, 6.07) is 14.0. The van der Waals surface area contributed by atoms with Gasteiger partial charge >= 0.3 is 5.97 Å². The quantitative estimate of drug-likeness (QED) is 0.489. The van der Waals surface area contributed by atoms with Crippen LogP contribution in [0.1, 0.15) is 17.5 Å². The summed E-state index contributed by atoms with van der Waals surface area (Å²) in [4.78, 5) is 36.2. The second kappa shape index (κ2) is 10.6. The SMILES string of the molecule is COc1cccc(/C=C\C(=O)C(CC(=O)O)C(=O)/C=C/c2cccc(OC)c2)c1. The third-order valence-corrected chi connectivity index (χ3v) is 4.13. The van der Waals surface area contributed by atoms with Crippen LogP contribution in [0.5, 0.6) is 11.5 Å². The average molecular weight is 394 g/mol.